The van der Waals surface area contributed by atoms with Crippen molar-refractivity contribution in [3.8, 4) is 0 Å². The molecule has 2 amide bonds. The Morgan fingerprint density at radius 3 is 2.03 bits per heavy atom. The number of imide groups is 1. The summed E-state index contributed by atoms with van der Waals surface area (Å²) >= 11 is 0. The van der Waals surface area contributed by atoms with Gasteiger partial charge in [-0.05, 0) is 67.2 Å². The van der Waals surface area contributed by atoms with Gasteiger partial charge in [-0.25, -0.2) is 14.4 Å². The lowest BCUT2D eigenvalue weighted by atomic mass is 9.91. The molecule has 204 valence electrons. The van der Waals surface area contributed by atoms with E-state index in [9.17, 15) is 14.4 Å². The van der Waals surface area contributed by atoms with Crippen molar-refractivity contribution in [2.24, 2.45) is 11.8 Å². The Kier molecular flexibility index (Phi) is 12.0. The number of cyclic esters (lactones) is 1. The summed E-state index contributed by atoms with van der Waals surface area (Å²) < 4.78 is 28.7. The van der Waals surface area contributed by atoms with Gasteiger partial charge in [0.1, 0.15) is 17.3 Å². The molecule has 0 aromatic rings. The number of rotatable bonds is 7. The fourth-order valence-electron chi connectivity index (χ4n) is 3.66. The predicted octanol–water partition coefficient (Wildman–Crippen LogP) is 5.34. The Labute approximate surface area is 211 Å². The van der Waals surface area contributed by atoms with Crippen LogP contribution in [0.25, 0.3) is 0 Å². The average Bonchev–Trinajstić information content (AvgIpc) is 2.72. The van der Waals surface area contributed by atoms with Gasteiger partial charge >= 0.3 is 18.2 Å². The van der Waals surface area contributed by atoms with Gasteiger partial charge in [-0.1, -0.05) is 27.2 Å². The van der Waals surface area contributed by atoms with Crippen LogP contribution in [0.4, 0.5) is 9.59 Å². The minimum Gasteiger partial charge on any atom is -0.458 e. The molecule has 1 rings (SSSR count). The normalized spacial score (nSPS) is 24.1. The maximum Gasteiger partial charge on any atom is 0.420 e. The van der Waals surface area contributed by atoms with Crippen LogP contribution < -0.4 is 0 Å². The SMILES string of the molecule is CCCO[C@@H]1[C@@H](CCC(C)C)COC[C@H](N(C(=O)OC(C)(C)C)C(=O)OC(C)(C)C)C(=O)O[C@H]1C. The van der Waals surface area contributed by atoms with Crippen molar-refractivity contribution in [1.82, 2.24) is 4.90 Å². The minimum absolute atomic E-state index is 0.0120. The third-order valence-electron chi connectivity index (χ3n) is 5.23. The number of esters is 1. The first-order chi connectivity index (χ1) is 16.1. The molecule has 0 unspecified atom stereocenters. The van der Waals surface area contributed by atoms with Crippen molar-refractivity contribution in [1.29, 1.82) is 0 Å². The summed E-state index contributed by atoms with van der Waals surface area (Å²) in [5.74, 6) is -0.291. The number of hydrogen-bond donors (Lipinski definition) is 0. The van der Waals surface area contributed by atoms with Gasteiger partial charge in [0.25, 0.3) is 0 Å². The van der Waals surface area contributed by atoms with E-state index >= 15 is 0 Å². The Morgan fingerprint density at radius 1 is 1.03 bits per heavy atom. The lowest BCUT2D eigenvalue weighted by molar-refractivity contribution is -0.163. The van der Waals surface area contributed by atoms with E-state index in [-0.39, 0.29) is 18.6 Å². The summed E-state index contributed by atoms with van der Waals surface area (Å²) in [7, 11) is 0. The topological polar surface area (TPSA) is 101 Å². The van der Waals surface area contributed by atoms with Crippen molar-refractivity contribution < 1.29 is 38.1 Å². The van der Waals surface area contributed by atoms with Crippen LogP contribution >= 0.6 is 0 Å². The van der Waals surface area contributed by atoms with E-state index in [0.717, 1.165) is 19.3 Å². The Hall–Kier alpha value is -1.87. The number of nitrogens with zero attached hydrogens (tertiary/aromatic N) is 1. The Morgan fingerprint density at radius 2 is 1.57 bits per heavy atom. The van der Waals surface area contributed by atoms with Crippen molar-refractivity contribution in [3.63, 3.8) is 0 Å². The molecular formula is C26H47NO8. The van der Waals surface area contributed by atoms with Gasteiger partial charge in [-0.2, -0.15) is 4.90 Å². The summed E-state index contributed by atoms with van der Waals surface area (Å²) in [6.45, 7) is 18.7. The molecule has 9 nitrogen and oxygen atoms in total. The highest BCUT2D eigenvalue weighted by molar-refractivity contribution is 5.94. The van der Waals surface area contributed by atoms with Gasteiger partial charge in [-0.15, -0.1) is 0 Å². The molecule has 0 aromatic heterocycles. The molecule has 0 N–H and O–H groups in total. The van der Waals surface area contributed by atoms with Gasteiger partial charge < -0.3 is 23.7 Å². The molecule has 1 aliphatic heterocycles. The first-order valence-electron chi connectivity index (χ1n) is 12.7. The first-order valence-corrected chi connectivity index (χ1v) is 12.7. The molecular weight excluding hydrogens is 454 g/mol. The molecule has 1 heterocycles. The molecule has 0 aliphatic carbocycles. The smallest absolute Gasteiger partial charge is 0.420 e. The molecule has 1 saturated heterocycles. The number of hydrogen-bond acceptors (Lipinski definition) is 8. The van der Waals surface area contributed by atoms with Crippen LogP contribution in [0.15, 0.2) is 0 Å². The second-order valence-corrected chi connectivity index (χ2v) is 11.6. The Bertz CT molecular complexity index is 666. The Balaban J connectivity index is 3.29. The number of amides is 2. The molecule has 1 aliphatic rings. The predicted molar refractivity (Wildman–Crippen MR) is 132 cm³/mol. The van der Waals surface area contributed by atoms with Gasteiger partial charge in [0.15, 0.2) is 6.04 Å². The highest BCUT2D eigenvalue weighted by atomic mass is 16.6. The summed E-state index contributed by atoms with van der Waals surface area (Å²) in [5, 5.41) is 0. The van der Waals surface area contributed by atoms with Crippen molar-refractivity contribution in [2.75, 3.05) is 19.8 Å². The maximum atomic E-state index is 13.3. The first kappa shape index (κ1) is 31.2. The van der Waals surface area contributed by atoms with Crippen LogP contribution in [0.3, 0.4) is 0 Å². The molecule has 0 aromatic carbocycles. The maximum absolute atomic E-state index is 13.3. The molecule has 1 fully saturated rings. The van der Waals surface area contributed by atoms with Gasteiger partial charge in [-0.3, -0.25) is 0 Å². The lowest BCUT2D eigenvalue weighted by Crippen LogP contribution is -2.54. The third kappa shape index (κ3) is 11.2. The third-order valence-corrected chi connectivity index (χ3v) is 5.23. The zero-order valence-corrected chi connectivity index (χ0v) is 23.3. The van der Waals surface area contributed by atoms with Crippen LogP contribution in [0, 0.1) is 11.8 Å². The molecule has 0 saturated carbocycles. The number of carbonyl (C=O) groups excluding carboxylic acids is 3. The molecule has 0 spiro atoms. The second-order valence-electron chi connectivity index (χ2n) is 11.6. The van der Waals surface area contributed by atoms with Crippen molar-refractivity contribution >= 4 is 18.2 Å². The fourth-order valence-corrected chi connectivity index (χ4v) is 3.66. The fraction of sp³-hybridized carbons (Fsp3) is 0.885. The lowest BCUT2D eigenvalue weighted by Gasteiger charge is -2.32. The quantitative estimate of drug-likeness (QED) is 0.340. The number of carbonyl (C=O) groups is 3. The van der Waals surface area contributed by atoms with Crippen molar-refractivity contribution in [2.45, 2.75) is 118 Å². The zero-order valence-electron chi connectivity index (χ0n) is 23.3. The molecule has 4 atom stereocenters. The van der Waals surface area contributed by atoms with Crippen LogP contribution in [-0.4, -0.2) is 72.3 Å². The van der Waals surface area contributed by atoms with E-state index in [0.29, 0.717) is 24.0 Å². The molecule has 35 heavy (non-hydrogen) atoms. The van der Waals surface area contributed by atoms with E-state index in [1.54, 1.807) is 48.5 Å². The number of ether oxygens (including phenoxy) is 5. The minimum atomic E-state index is -1.36. The van der Waals surface area contributed by atoms with E-state index < -0.39 is 41.5 Å². The summed E-state index contributed by atoms with van der Waals surface area (Å²) in [6.07, 6.45) is -0.351. The highest BCUT2D eigenvalue weighted by Crippen LogP contribution is 2.26. The van der Waals surface area contributed by atoms with Crippen LogP contribution in [0.5, 0.6) is 0 Å². The molecule has 0 bridgehead atoms. The molecule has 9 heteroatoms. The van der Waals surface area contributed by atoms with Crippen LogP contribution in [0.2, 0.25) is 0 Å². The van der Waals surface area contributed by atoms with Gasteiger partial charge in [0.2, 0.25) is 0 Å². The molecule has 0 radical (unpaired) electrons. The average molecular weight is 502 g/mol. The van der Waals surface area contributed by atoms with Crippen molar-refractivity contribution in [3.05, 3.63) is 0 Å². The standard InChI is InChI=1S/C26H47NO8/c1-11-14-32-21-18(4)33-22(28)20(16-31-15-19(21)13-12-17(2)3)27(23(29)34-25(5,6)7)24(30)35-26(8,9)10/h17-21H,11-16H2,1-10H3/t18-,19-,20-,21-/m0/s1. The van der Waals surface area contributed by atoms with E-state index in [1.807, 2.05) is 6.92 Å². The van der Waals surface area contributed by atoms with Crippen LogP contribution in [0.1, 0.15) is 88.5 Å². The monoisotopic (exact) mass is 501 g/mol. The summed E-state index contributed by atoms with van der Waals surface area (Å²) in [6, 6.07) is -1.36. The van der Waals surface area contributed by atoms with Gasteiger partial charge in [0.05, 0.1) is 19.3 Å². The zero-order chi connectivity index (χ0) is 27.0. The highest BCUT2D eigenvalue weighted by Gasteiger charge is 2.44. The summed E-state index contributed by atoms with van der Waals surface area (Å²) in [4.78, 5) is 40.1. The van der Waals surface area contributed by atoms with E-state index in [4.69, 9.17) is 23.7 Å². The largest absolute Gasteiger partial charge is 0.458 e. The second kappa shape index (κ2) is 13.4. The van der Waals surface area contributed by atoms with Gasteiger partial charge in [0, 0.05) is 12.5 Å². The van der Waals surface area contributed by atoms with E-state index in [2.05, 4.69) is 13.8 Å². The summed E-state index contributed by atoms with van der Waals surface area (Å²) in [5.41, 5.74) is -1.79. The van der Waals surface area contributed by atoms with E-state index in [1.165, 1.54) is 0 Å². The van der Waals surface area contributed by atoms with Crippen LogP contribution in [-0.2, 0) is 28.5 Å².